The predicted molar refractivity (Wildman–Crippen MR) is 44.7 cm³/mol. The van der Waals surface area contributed by atoms with E-state index in [1.54, 1.807) is 6.20 Å². The molecule has 1 N–H and O–H groups in total. The van der Waals surface area contributed by atoms with Crippen LogP contribution in [0.2, 0.25) is 0 Å². The average molecular weight is 172 g/mol. The van der Waals surface area contributed by atoms with Crippen LogP contribution in [0.1, 0.15) is 5.69 Å². The highest BCUT2D eigenvalue weighted by Gasteiger charge is 2.02. The van der Waals surface area contributed by atoms with Gasteiger partial charge >= 0.3 is 0 Å². The van der Waals surface area contributed by atoms with Crippen molar-refractivity contribution in [3.8, 4) is 0 Å². The molecule has 1 heterocycles. The van der Waals surface area contributed by atoms with Gasteiger partial charge in [0.25, 0.3) is 0 Å². The van der Waals surface area contributed by atoms with Gasteiger partial charge in [-0.2, -0.15) is 0 Å². The molecular weight excluding hydrogens is 162 g/mol. The molecule has 0 aliphatic carbocycles. The van der Waals surface area contributed by atoms with E-state index in [0.717, 1.165) is 5.69 Å². The maximum atomic E-state index is 9.14. The Morgan fingerprint density at radius 2 is 2.36 bits per heavy atom. The van der Waals surface area contributed by atoms with E-state index >= 15 is 0 Å². The summed E-state index contributed by atoms with van der Waals surface area (Å²) in [6, 6.07) is 5.61. The van der Waals surface area contributed by atoms with Crippen molar-refractivity contribution >= 4 is 11.6 Å². The second-order valence-electron chi connectivity index (χ2n) is 2.33. The Hall–Kier alpha value is -0.600. The molecule has 0 amide bonds. The van der Waals surface area contributed by atoms with Crippen LogP contribution in [0.3, 0.4) is 0 Å². The molecule has 0 spiro atoms. The topological polar surface area (TPSA) is 33.1 Å². The van der Waals surface area contributed by atoms with Crippen molar-refractivity contribution in [2.45, 2.75) is 12.5 Å². The molecule has 2 nitrogen and oxygen atoms in total. The van der Waals surface area contributed by atoms with Gasteiger partial charge in [-0.1, -0.05) is 6.07 Å². The Morgan fingerprint density at radius 3 is 2.91 bits per heavy atom. The van der Waals surface area contributed by atoms with Gasteiger partial charge in [-0.05, 0) is 12.1 Å². The van der Waals surface area contributed by atoms with Crippen molar-refractivity contribution in [1.29, 1.82) is 0 Å². The Kier molecular flexibility index (Phi) is 3.33. The van der Waals surface area contributed by atoms with Crippen LogP contribution in [-0.2, 0) is 6.42 Å². The summed E-state index contributed by atoms with van der Waals surface area (Å²) >= 11 is 5.42. The van der Waals surface area contributed by atoms with Gasteiger partial charge < -0.3 is 5.11 Å². The van der Waals surface area contributed by atoms with E-state index in [1.165, 1.54) is 0 Å². The molecule has 0 bridgehead atoms. The maximum absolute atomic E-state index is 9.14. The summed E-state index contributed by atoms with van der Waals surface area (Å²) in [4.78, 5) is 4.05. The SMILES string of the molecule is OC(CCl)Cc1ccccn1. The van der Waals surface area contributed by atoms with Crippen molar-refractivity contribution in [1.82, 2.24) is 4.98 Å². The molecule has 1 aromatic rings. The fourth-order valence-corrected chi connectivity index (χ4v) is 0.924. The molecule has 60 valence electrons. The van der Waals surface area contributed by atoms with E-state index in [-0.39, 0.29) is 5.88 Å². The number of halogens is 1. The highest BCUT2D eigenvalue weighted by atomic mass is 35.5. The van der Waals surface area contributed by atoms with Crippen molar-refractivity contribution in [2.24, 2.45) is 0 Å². The minimum Gasteiger partial charge on any atom is -0.391 e. The van der Waals surface area contributed by atoms with E-state index in [0.29, 0.717) is 6.42 Å². The third kappa shape index (κ3) is 2.87. The second-order valence-corrected chi connectivity index (χ2v) is 2.64. The van der Waals surface area contributed by atoms with E-state index in [9.17, 15) is 0 Å². The molecule has 0 radical (unpaired) electrons. The molecule has 1 unspecified atom stereocenters. The van der Waals surface area contributed by atoms with Gasteiger partial charge in [0.2, 0.25) is 0 Å². The summed E-state index contributed by atoms with van der Waals surface area (Å²) in [5.74, 6) is 0.260. The molecule has 1 aromatic heterocycles. The predicted octanol–water partition coefficient (Wildman–Crippen LogP) is 1.22. The number of hydrogen-bond acceptors (Lipinski definition) is 2. The average Bonchev–Trinajstić information content (AvgIpc) is 2.06. The largest absolute Gasteiger partial charge is 0.391 e. The molecule has 1 rings (SSSR count). The molecule has 0 saturated heterocycles. The lowest BCUT2D eigenvalue weighted by atomic mass is 10.2. The Balaban J connectivity index is 2.51. The highest BCUT2D eigenvalue weighted by molar-refractivity contribution is 6.18. The van der Waals surface area contributed by atoms with Crippen molar-refractivity contribution in [3.05, 3.63) is 30.1 Å². The van der Waals surface area contributed by atoms with Gasteiger partial charge in [-0.3, -0.25) is 4.98 Å². The molecular formula is C8H10ClNO. The summed E-state index contributed by atoms with van der Waals surface area (Å²) in [7, 11) is 0. The maximum Gasteiger partial charge on any atom is 0.0730 e. The van der Waals surface area contributed by atoms with Crippen molar-refractivity contribution < 1.29 is 5.11 Å². The Morgan fingerprint density at radius 1 is 1.55 bits per heavy atom. The molecule has 0 aliphatic rings. The molecule has 0 aliphatic heterocycles. The number of nitrogens with zero attached hydrogens (tertiary/aromatic N) is 1. The fourth-order valence-electron chi connectivity index (χ4n) is 0.815. The van der Waals surface area contributed by atoms with Crippen LogP contribution < -0.4 is 0 Å². The van der Waals surface area contributed by atoms with Crippen LogP contribution >= 0.6 is 11.6 Å². The minimum absolute atomic E-state index is 0.260. The normalized spacial score (nSPS) is 12.9. The second kappa shape index (κ2) is 4.31. The zero-order valence-electron chi connectivity index (χ0n) is 6.07. The first-order valence-electron chi connectivity index (χ1n) is 3.47. The highest BCUT2D eigenvalue weighted by Crippen LogP contribution is 1.99. The standard InChI is InChI=1S/C8H10ClNO/c9-6-8(11)5-7-3-1-2-4-10-7/h1-4,8,11H,5-6H2. The molecule has 11 heavy (non-hydrogen) atoms. The molecule has 0 aromatic carbocycles. The third-order valence-electron chi connectivity index (χ3n) is 1.35. The number of rotatable bonds is 3. The first-order chi connectivity index (χ1) is 5.33. The lowest BCUT2D eigenvalue weighted by molar-refractivity contribution is 0.197. The van der Waals surface area contributed by atoms with Gasteiger partial charge in [0, 0.05) is 24.2 Å². The summed E-state index contributed by atoms with van der Waals surface area (Å²) < 4.78 is 0. The molecule has 1 atom stereocenters. The number of hydrogen-bond donors (Lipinski definition) is 1. The van der Waals surface area contributed by atoms with Gasteiger partial charge in [0.1, 0.15) is 0 Å². The van der Waals surface area contributed by atoms with E-state index in [1.807, 2.05) is 18.2 Å². The molecule has 0 fully saturated rings. The van der Waals surface area contributed by atoms with E-state index in [2.05, 4.69) is 4.98 Å². The monoisotopic (exact) mass is 171 g/mol. The van der Waals surface area contributed by atoms with E-state index < -0.39 is 6.10 Å². The third-order valence-corrected chi connectivity index (χ3v) is 1.71. The Bertz CT molecular complexity index is 203. The minimum atomic E-state index is -0.480. The number of aliphatic hydroxyl groups is 1. The summed E-state index contributed by atoms with van der Waals surface area (Å²) in [6.07, 6.45) is 1.76. The van der Waals surface area contributed by atoms with Crippen LogP contribution in [0.25, 0.3) is 0 Å². The van der Waals surface area contributed by atoms with Crippen molar-refractivity contribution in [2.75, 3.05) is 5.88 Å². The van der Waals surface area contributed by atoms with Crippen LogP contribution in [0.4, 0.5) is 0 Å². The number of alkyl halides is 1. The molecule has 3 heteroatoms. The smallest absolute Gasteiger partial charge is 0.0730 e. The van der Waals surface area contributed by atoms with Crippen LogP contribution in [-0.4, -0.2) is 22.1 Å². The quantitative estimate of drug-likeness (QED) is 0.694. The molecule has 0 saturated carbocycles. The Labute approximate surface area is 70.8 Å². The number of aliphatic hydroxyl groups excluding tert-OH is 1. The first-order valence-corrected chi connectivity index (χ1v) is 4.00. The van der Waals surface area contributed by atoms with Crippen LogP contribution in [0, 0.1) is 0 Å². The lowest BCUT2D eigenvalue weighted by Crippen LogP contribution is -2.12. The van der Waals surface area contributed by atoms with Gasteiger partial charge in [-0.25, -0.2) is 0 Å². The van der Waals surface area contributed by atoms with E-state index in [4.69, 9.17) is 16.7 Å². The van der Waals surface area contributed by atoms with Gasteiger partial charge in [-0.15, -0.1) is 11.6 Å². The number of aromatic nitrogens is 1. The summed E-state index contributed by atoms with van der Waals surface area (Å²) in [6.45, 7) is 0. The van der Waals surface area contributed by atoms with Gasteiger partial charge in [0.15, 0.2) is 0 Å². The lowest BCUT2D eigenvalue weighted by Gasteiger charge is -2.04. The fraction of sp³-hybridized carbons (Fsp3) is 0.375. The van der Waals surface area contributed by atoms with Crippen molar-refractivity contribution in [3.63, 3.8) is 0 Å². The number of pyridine rings is 1. The van der Waals surface area contributed by atoms with Crippen LogP contribution in [0.5, 0.6) is 0 Å². The summed E-state index contributed by atoms with van der Waals surface area (Å²) in [5, 5.41) is 9.14. The first kappa shape index (κ1) is 8.50. The zero-order valence-corrected chi connectivity index (χ0v) is 6.83. The zero-order chi connectivity index (χ0) is 8.10. The van der Waals surface area contributed by atoms with Gasteiger partial charge in [0.05, 0.1) is 6.10 Å². The summed E-state index contributed by atoms with van der Waals surface area (Å²) in [5.41, 5.74) is 0.876. The van der Waals surface area contributed by atoms with Crippen LogP contribution in [0.15, 0.2) is 24.4 Å².